The molecule has 1 unspecified atom stereocenters. The van der Waals surface area contributed by atoms with E-state index >= 15 is 0 Å². The molecule has 0 N–H and O–H groups in total. The maximum Gasteiger partial charge on any atom is 0.133 e. The molecule has 0 fully saturated rings. The van der Waals surface area contributed by atoms with Crippen LogP contribution in [0.25, 0.3) is 0 Å². The van der Waals surface area contributed by atoms with E-state index in [0.29, 0.717) is 13.2 Å². The van der Waals surface area contributed by atoms with E-state index in [9.17, 15) is 0 Å². The molecule has 114 valence electrons. The molecule has 2 aromatic rings. The van der Waals surface area contributed by atoms with Crippen LogP contribution in [0.3, 0.4) is 0 Å². The monoisotopic (exact) mass is 388 g/mol. The van der Waals surface area contributed by atoms with Crippen LogP contribution in [0.15, 0.2) is 34.8 Å². The normalized spacial score (nSPS) is 12.4. The lowest BCUT2D eigenvalue weighted by Gasteiger charge is -2.12. The number of alkyl halides is 1. The van der Waals surface area contributed by atoms with Crippen LogP contribution in [0.1, 0.15) is 27.6 Å². The maximum absolute atomic E-state index is 6.58. The van der Waals surface area contributed by atoms with E-state index in [1.165, 1.54) is 9.75 Å². The van der Waals surface area contributed by atoms with Crippen LogP contribution < -0.4 is 4.74 Å². The molecule has 0 bridgehead atoms. The Morgan fingerprint density at radius 1 is 1.24 bits per heavy atom. The van der Waals surface area contributed by atoms with E-state index in [-0.39, 0.29) is 5.38 Å². The Balaban J connectivity index is 2.11. The number of thiophene rings is 1. The zero-order chi connectivity index (χ0) is 15.2. The number of benzene rings is 1. The van der Waals surface area contributed by atoms with Gasteiger partial charge in [-0.3, -0.25) is 0 Å². The average molecular weight is 390 g/mol. The highest BCUT2D eigenvalue weighted by Gasteiger charge is 2.15. The number of rotatable bonds is 7. The molecule has 21 heavy (non-hydrogen) atoms. The lowest BCUT2D eigenvalue weighted by Crippen LogP contribution is -2.04. The molecular formula is C16H18BrClO2S. The number of ether oxygens (including phenoxy) is 2. The van der Waals surface area contributed by atoms with Gasteiger partial charge in [-0.15, -0.1) is 22.9 Å². The minimum Gasteiger partial charge on any atom is -0.490 e. The molecule has 1 aromatic carbocycles. The van der Waals surface area contributed by atoms with Gasteiger partial charge in [0.15, 0.2) is 0 Å². The fourth-order valence-electron chi connectivity index (χ4n) is 1.91. The van der Waals surface area contributed by atoms with Gasteiger partial charge in [0.25, 0.3) is 0 Å². The van der Waals surface area contributed by atoms with Crippen molar-refractivity contribution < 1.29 is 9.47 Å². The number of hydrogen-bond acceptors (Lipinski definition) is 3. The fourth-order valence-corrected chi connectivity index (χ4v) is 3.72. The highest BCUT2D eigenvalue weighted by atomic mass is 79.9. The van der Waals surface area contributed by atoms with Crippen LogP contribution in [0.5, 0.6) is 5.75 Å². The lowest BCUT2D eigenvalue weighted by molar-refractivity contribution is 0.146. The third kappa shape index (κ3) is 4.46. The van der Waals surface area contributed by atoms with E-state index < -0.39 is 0 Å². The molecule has 0 radical (unpaired) electrons. The predicted octanol–water partition coefficient (Wildman–Crippen LogP) is 5.43. The summed E-state index contributed by atoms with van der Waals surface area (Å²) in [7, 11) is 1.66. The quantitative estimate of drug-likeness (QED) is 0.464. The smallest absolute Gasteiger partial charge is 0.133 e. The van der Waals surface area contributed by atoms with Crippen molar-refractivity contribution in [2.24, 2.45) is 0 Å². The Kier molecular flexibility index (Phi) is 6.55. The van der Waals surface area contributed by atoms with Crippen LogP contribution in [-0.2, 0) is 11.2 Å². The average Bonchev–Trinajstić information content (AvgIpc) is 2.97. The van der Waals surface area contributed by atoms with Crippen LogP contribution >= 0.6 is 38.9 Å². The van der Waals surface area contributed by atoms with Gasteiger partial charge in [-0.05, 0) is 52.2 Å². The first-order valence-electron chi connectivity index (χ1n) is 6.79. The van der Waals surface area contributed by atoms with E-state index in [0.717, 1.165) is 22.2 Å². The Hall–Kier alpha value is -0.550. The van der Waals surface area contributed by atoms with Crippen molar-refractivity contribution in [2.75, 3.05) is 20.3 Å². The predicted molar refractivity (Wildman–Crippen MR) is 92.9 cm³/mol. The highest BCUT2D eigenvalue weighted by molar-refractivity contribution is 9.10. The SMILES string of the molecule is CCc1ccc(C(Cl)c2ccc(OCCOC)c(Br)c2)s1. The maximum atomic E-state index is 6.58. The zero-order valence-corrected chi connectivity index (χ0v) is 15.2. The molecule has 1 heterocycles. The minimum absolute atomic E-state index is 0.125. The molecule has 0 aliphatic rings. The molecule has 5 heteroatoms. The largest absolute Gasteiger partial charge is 0.490 e. The Morgan fingerprint density at radius 2 is 2.05 bits per heavy atom. The standard InChI is InChI=1S/C16H18BrClO2S/c1-3-12-5-7-15(21-12)16(18)11-4-6-14(13(17)10-11)20-9-8-19-2/h4-7,10,16H,3,8-9H2,1-2H3. The summed E-state index contributed by atoms with van der Waals surface area (Å²) in [6, 6.07) is 10.2. The van der Waals surface area contributed by atoms with Gasteiger partial charge >= 0.3 is 0 Å². The third-order valence-electron chi connectivity index (χ3n) is 3.07. The number of halogens is 2. The van der Waals surface area contributed by atoms with Gasteiger partial charge in [-0.25, -0.2) is 0 Å². The molecule has 0 aliphatic heterocycles. The van der Waals surface area contributed by atoms with Crippen molar-refractivity contribution in [3.63, 3.8) is 0 Å². The summed E-state index contributed by atoms with van der Waals surface area (Å²) in [6.45, 7) is 3.26. The van der Waals surface area contributed by atoms with Crippen molar-refractivity contribution in [2.45, 2.75) is 18.7 Å². The lowest BCUT2D eigenvalue weighted by atomic mass is 10.1. The van der Waals surface area contributed by atoms with Crippen molar-refractivity contribution >= 4 is 38.9 Å². The fraction of sp³-hybridized carbons (Fsp3) is 0.375. The van der Waals surface area contributed by atoms with Crippen molar-refractivity contribution in [3.05, 3.63) is 50.1 Å². The van der Waals surface area contributed by atoms with Gasteiger partial charge in [0.1, 0.15) is 12.4 Å². The van der Waals surface area contributed by atoms with Gasteiger partial charge in [0.05, 0.1) is 16.5 Å². The second-order valence-corrected chi connectivity index (χ2v) is 7.04. The summed E-state index contributed by atoms with van der Waals surface area (Å²) in [6.07, 6.45) is 1.05. The van der Waals surface area contributed by atoms with Gasteiger partial charge in [-0.1, -0.05) is 13.0 Å². The molecule has 0 amide bonds. The third-order valence-corrected chi connectivity index (χ3v) is 5.60. The van der Waals surface area contributed by atoms with Crippen LogP contribution in [0.4, 0.5) is 0 Å². The number of methoxy groups -OCH3 is 1. The summed E-state index contributed by atoms with van der Waals surface area (Å²) >= 11 is 11.9. The van der Waals surface area contributed by atoms with Gasteiger partial charge in [-0.2, -0.15) is 0 Å². The van der Waals surface area contributed by atoms with Crippen LogP contribution in [0, 0.1) is 0 Å². The first-order chi connectivity index (χ1) is 10.2. The molecular weight excluding hydrogens is 372 g/mol. The second kappa shape index (κ2) is 8.18. The summed E-state index contributed by atoms with van der Waals surface area (Å²) in [5.41, 5.74) is 1.06. The Labute approximate surface area is 143 Å². The molecule has 1 atom stereocenters. The minimum atomic E-state index is -0.125. The van der Waals surface area contributed by atoms with E-state index in [1.807, 2.05) is 18.2 Å². The van der Waals surface area contributed by atoms with E-state index in [2.05, 4.69) is 35.0 Å². The topological polar surface area (TPSA) is 18.5 Å². The van der Waals surface area contributed by atoms with Crippen molar-refractivity contribution in [1.29, 1.82) is 0 Å². The number of aryl methyl sites for hydroxylation is 1. The first kappa shape index (κ1) is 16.8. The highest BCUT2D eigenvalue weighted by Crippen LogP contribution is 2.37. The van der Waals surface area contributed by atoms with Gasteiger partial charge < -0.3 is 9.47 Å². The molecule has 0 aliphatic carbocycles. The zero-order valence-electron chi connectivity index (χ0n) is 12.1. The molecule has 0 saturated carbocycles. The Bertz CT molecular complexity index is 585. The van der Waals surface area contributed by atoms with Crippen LogP contribution in [-0.4, -0.2) is 20.3 Å². The Morgan fingerprint density at radius 3 is 2.67 bits per heavy atom. The molecule has 0 spiro atoms. The number of hydrogen-bond donors (Lipinski definition) is 0. The summed E-state index contributed by atoms with van der Waals surface area (Å²) in [5.74, 6) is 0.806. The molecule has 2 nitrogen and oxygen atoms in total. The van der Waals surface area contributed by atoms with Gasteiger partial charge in [0, 0.05) is 16.9 Å². The molecule has 2 rings (SSSR count). The molecule has 0 saturated heterocycles. The summed E-state index contributed by atoms with van der Waals surface area (Å²) in [4.78, 5) is 2.53. The second-order valence-electron chi connectivity index (χ2n) is 4.55. The summed E-state index contributed by atoms with van der Waals surface area (Å²) in [5, 5.41) is -0.125. The van der Waals surface area contributed by atoms with E-state index in [1.54, 1.807) is 18.4 Å². The first-order valence-corrected chi connectivity index (χ1v) is 8.84. The van der Waals surface area contributed by atoms with Gasteiger partial charge in [0.2, 0.25) is 0 Å². The van der Waals surface area contributed by atoms with Crippen molar-refractivity contribution in [3.8, 4) is 5.75 Å². The summed E-state index contributed by atoms with van der Waals surface area (Å²) < 4.78 is 11.5. The van der Waals surface area contributed by atoms with Crippen LogP contribution in [0.2, 0.25) is 0 Å². The van der Waals surface area contributed by atoms with E-state index in [4.69, 9.17) is 21.1 Å². The molecule has 1 aromatic heterocycles. The van der Waals surface area contributed by atoms with Crippen molar-refractivity contribution in [1.82, 2.24) is 0 Å².